The number of cyclic esters (lactones) is 1. The number of likely N-dealkylation sites (N-methyl/N-ethyl adjacent to an activating group) is 2. The van der Waals surface area contributed by atoms with Crippen molar-refractivity contribution in [2.75, 3.05) is 93.3 Å². The monoisotopic (exact) mass is 1000 g/mol. The lowest BCUT2D eigenvalue weighted by molar-refractivity contribution is -0.155. The van der Waals surface area contributed by atoms with Gasteiger partial charge in [0, 0.05) is 101 Å². The number of aryl methyl sites for hydroxylation is 1. The molecule has 2 aromatic carbocycles. The van der Waals surface area contributed by atoms with Gasteiger partial charge in [0.25, 0.3) is 5.91 Å². The molecule has 0 saturated carbocycles. The average Bonchev–Trinajstić information content (AvgIpc) is 3.96. The second-order valence-corrected chi connectivity index (χ2v) is 21.9. The number of esters is 1. The van der Waals surface area contributed by atoms with Crippen molar-refractivity contribution in [1.82, 2.24) is 44.9 Å². The molecule has 3 fully saturated rings. The maximum absolute atomic E-state index is 14.8. The van der Waals surface area contributed by atoms with Crippen LogP contribution in [0.2, 0.25) is 0 Å². The van der Waals surface area contributed by atoms with Gasteiger partial charge in [0.1, 0.15) is 11.8 Å². The van der Waals surface area contributed by atoms with Crippen LogP contribution < -0.4 is 10.7 Å². The van der Waals surface area contributed by atoms with Gasteiger partial charge >= 0.3 is 5.97 Å². The predicted molar refractivity (Wildman–Crippen MR) is 283 cm³/mol. The van der Waals surface area contributed by atoms with Gasteiger partial charge in [0.05, 0.1) is 43.1 Å². The number of nitrogens with one attached hydrogen (secondary N) is 2. The zero-order valence-corrected chi connectivity index (χ0v) is 44.3. The van der Waals surface area contributed by atoms with Gasteiger partial charge in [0.2, 0.25) is 11.8 Å². The summed E-state index contributed by atoms with van der Waals surface area (Å²) in [6.07, 6.45) is 4.47. The number of piperazine rings is 1. The van der Waals surface area contributed by atoms with Gasteiger partial charge in [-0.2, -0.15) is 0 Å². The first-order valence-electron chi connectivity index (χ1n) is 26.3. The number of amides is 3. The van der Waals surface area contributed by atoms with E-state index in [4.69, 9.17) is 14.5 Å². The van der Waals surface area contributed by atoms with Gasteiger partial charge in [-0.05, 0) is 130 Å². The summed E-state index contributed by atoms with van der Waals surface area (Å²) in [6.45, 7) is 18.3. The second kappa shape index (κ2) is 23.6. The highest BCUT2D eigenvalue weighted by molar-refractivity contribution is 5.96. The molecule has 8 rings (SSSR count). The van der Waals surface area contributed by atoms with E-state index in [1.807, 2.05) is 37.9 Å². The number of aromatic nitrogens is 2. The van der Waals surface area contributed by atoms with Crippen LogP contribution in [-0.2, 0) is 54.6 Å². The molecule has 73 heavy (non-hydrogen) atoms. The number of nitrogens with zero attached hydrogens (tertiary/aromatic N) is 7. The third-order valence-corrected chi connectivity index (χ3v) is 15.2. The molecular weight excluding hydrogens is 923 g/mol. The lowest BCUT2D eigenvalue weighted by atomic mass is 9.84. The molecule has 392 valence electrons. The lowest BCUT2D eigenvalue weighted by Gasteiger charge is -2.36. The summed E-state index contributed by atoms with van der Waals surface area (Å²) >= 11 is 0. The first kappa shape index (κ1) is 53.5. The Hall–Kier alpha value is -5.83. The standard InChI is InChI=1S/C57H77N9O7/c1-9-65-50-17-16-41-31-46(50)47(53(65)45-13-10-19-58-49(45)36-72-8)32-57(4,5)37-73-56(71)48-14-11-21-66(60-48)55(70)43(28-40-27-42(41)30-44(67)29-40)33-59-54(69)52(38(2)3)62(7)34-39-18-22-64(35-39)51(68)15-12-20-63-25-23-61(6)24-26-63/h10,13,16-17,19,27,29-31,38-39,43,48,52,60,67H,9,11,14,18,20-26,28,32-37H2,1-8H3,(H,59,69)/t39-,43?,48+,52+/m1/s1. The van der Waals surface area contributed by atoms with Crippen molar-refractivity contribution in [3.8, 4) is 40.0 Å². The summed E-state index contributed by atoms with van der Waals surface area (Å²) in [6, 6.07) is 14.6. The number of carbonyl (C=O) groups is 4. The zero-order valence-electron chi connectivity index (χ0n) is 44.3. The minimum atomic E-state index is -0.750. The largest absolute Gasteiger partial charge is 0.508 e. The van der Waals surface area contributed by atoms with Crippen LogP contribution in [0.25, 0.3) is 33.3 Å². The van der Waals surface area contributed by atoms with E-state index < -0.39 is 29.4 Å². The molecule has 4 atom stereocenters. The quantitative estimate of drug-likeness (QED) is 0.126. The van der Waals surface area contributed by atoms with Crippen LogP contribution in [0, 0.1) is 35.0 Å². The number of benzene rings is 2. The van der Waals surface area contributed by atoms with E-state index in [1.165, 1.54) is 5.01 Å². The molecule has 16 nitrogen and oxygen atoms in total. The molecule has 3 amide bonds. The van der Waals surface area contributed by atoms with Gasteiger partial charge in [0.15, 0.2) is 0 Å². The number of hydrogen-bond acceptors (Lipinski definition) is 12. The summed E-state index contributed by atoms with van der Waals surface area (Å²) in [5.41, 5.74) is 10.1. The summed E-state index contributed by atoms with van der Waals surface area (Å²) in [7, 11) is 5.74. The van der Waals surface area contributed by atoms with Crippen LogP contribution in [0.4, 0.5) is 0 Å². The van der Waals surface area contributed by atoms with Gasteiger partial charge < -0.3 is 34.3 Å². The Morgan fingerprint density at radius 2 is 1.84 bits per heavy atom. The molecule has 4 aliphatic heterocycles. The number of fused-ring (bicyclic) bond motifs is 6. The van der Waals surface area contributed by atoms with Crippen molar-refractivity contribution >= 4 is 34.6 Å². The molecule has 4 aromatic rings. The number of rotatable bonds is 12. The number of ether oxygens (including phenoxy) is 2. The van der Waals surface area contributed by atoms with Crippen LogP contribution in [-0.4, -0.2) is 168 Å². The van der Waals surface area contributed by atoms with Crippen LogP contribution in [0.3, 0.4) is 0 Å². The average molecular weight is 1000 g/mol. The van der Waals surface area contributed by atoms with Crippen LogP contribution >= 0.6 is 0 Å². The minimum Gasteiger partial charge on any atom is -0.508 e. The SMILES string of the molecule is CCn1c(-c2cccnc2COC)c2c3cc(ccc31)-c1cc(O)cc(c1)CC(CNC(=O)[C@H](C(C)C)N(C)C[C@H]1CCN(C(=O)C#CCN3CCN(C)CC3)C1)C(=O)N1CCC[C@H](N1)C(=O)OCC(C)(C)C2. The predicted octanol–water partition coefficient (Wildman–Crippen LogP) is 5.19. The summed E-state index contributed by atoms with van der Waals surface area (Å²) in [5, 5.41) is 17.1. The van der Waals surface area contributed by atoms with Crippen molar-refractivity contribution in [1.29, 1.82) is 0 Å². The van der Waals surface area contributed by atoms with E-state index in [2.05, 4.69) is 93.9 Å². The van der Waals surface area contributed by atoms with Gasteiger partial charge in [-0.1, -0.05) is 45.7 Å². The van der Waals surface area contributed by atoms with E-state index in [9.17, 15) is 24.3 Å². The van der Waals surface area contributed by atoms with E-state index in [-0.39, 0.29) is 54.9 Å². The number of methoxy groups -OCH3 is 1. The van der Waals surface area contributed by atoms with Crippen molar-refractivity contribution in [2.45, 2.75) is 92.0 Å². The molecule has 4 aliphatic rings. The van der Waals surface area contributed by atoms with Crippen molar-refractivity contribution in [2.24, 2.45) is 23.2 Å². The number of likely N-dealkylation sites (tertiary alicyclic amines) is 1. The van der Waals surface area contributed by atoms with Gasteiger partial charge in [-0.15, -0.1) is 0 Å². The Kier molecular flexibility index (Phi) is 17.3. The summed E-state index contributed by atoms with van der Waals surface area (Å²) in [4.78, 5) is 69.5. The fourth-order valence-corrected chi connectivity index (χ4v) is 11.4. The molecule has 16 heteroatoms. The Labute approximate surface area is 431 Å². The number of hydrogen-bond donors (Lipinski definition) is 3. The Morgan fingerprint density at radius 3 is 2.59 bits per heavy atom. The Balaban J connectivity index is 1.05. The molecular formula is C57H77N9O7. The van der Waals surface area contributed by atoms with E-state index in [0.29, 0.717) is 65.1 Å². The third-order valence-electron chi connectivity index (χ3n) is 15.2. The second-order valence-electron chi connectivity index (χ2n) is 21.9. The molecule has 6 heterocycles. The molecule has 6 bridgehead atoms. The summed E-state index contributed by atoms with van der Waals surface area (Å²) < 4.78 is 14.1. The smallest absolute Gasteiger partial charge is 0.324 e. The number of phenols is 1. The van der Waals surface area contributed by atoms with Gasteiger partial charge in [-0.25, -0.2) is 5.43 Å². The molecule has 3 saturated heterocycles. The molecule has 1 unspecified atom stereocenters. The van der Waals surface area contributed by atoms with Crippen molar-refractivity contribution in [3.63, 3.8) is 0 Å². The zero-order chi connectivity index (χ0) is 52.0. The maximum atomic E-state index is 14.8. The Bertz CT molecular complexity index is 2700. The minimum absolute atomic E-state index is 0.0295. The van der Waals surface area contributed by atoms with E-state index >= 15 is 0 Å². The van der Waals surface area contributed by atoms with Crippen LogP contribution in [0.15, 0.2) is 54.7 Å². The highest BCUT2D eigenvalue weighted by Gasteiger charge is 2.37. The number of hydrazine groups is 1. The number of phenolic OH excluding ortho intramolecular Hbond substituents is 1. The fraction of sp³-hybridized carbons (Fsp3) is 0.561. The first-order valence-corrected chi connectivity index (χ1v) is 26.3. The van der Waals surface area contributed by atoms with Gasteiger partial charge in [-0.3, -0.25) is 39.0 Å². The Morgan fingerprint density at radius 1 is 1.04 bits per heavy atom. The highest BCUT2D eigenvalue weighted by atomic mass is 16.5. The molecule has 0 spiro atoms. The van der Waals surface area contributed by atoms with Crippen molar-refractivity contribution < 1.29 is 33.8 Å². The lowest BCUT2D eigenvalue weighted by Crippen LogP contribution is -2.58. The fourth-order valence-electron chi connectivity index (χ4n) is 11.4. The number of aromatic hydroxyl groups is 1. The number of carbonyl (C=O) groups excluding carboxylic acids is 4. The highest BCUT2D eigenvalue weighted by Crippen LogP contribution is 2.41. The summed E-state index contributed by atoms with van der Waals surface area (Å²) in [5.74, 6) is 4.39. The molecule has 0 radical (unpaired) electrons. The van der Waals surface area contributed by atoms with Crippen molar-refractivity contribution in [3.05, 3.63) is 71.5 Å². The normalized spacial score (nSPS) is 21.5. The number of pyridine rings is 1. The molecule has 3 N–H and O–H groups in total. The maximum Gasteiger partial charge on any atom is 0.324 e. The first-order chi connectivity index (χ1) is 35.0. The third kappa shape index (κ3) is 12.8. The topological polar surface area (TPSA) is 165 Å². The van der Waals surface area contributed by atoms with Crippen LogP contribution in [0.5, 0.6) is 5.75 Å². The molecule has 2 aromatic heterocycles. The van der Waals surface area contributed by atoms with E-state index in [0.717, 1.165) is 82.7 Å². The van der Waals surface area contributed by atoms with Crippen LogP contribution in [0.1, 0.15) is 70.7 Å². The van der Waals surface area contributed by atoms with E-state index in [1.54, 1.807) is 25.4 Å². The molecule has 0 aliphatic carbocycles.